The van der Waals surface area contributed by atoms with Gasteiger partial charge in [0.1, 0.15) is 5.75 Å². The molecule has 1 amide bonds. The first-order valence-corrected chi connectivity index (χ1v) is 7.09. The smallest absolute Gasteiger partial charge is 0.254 e. The third-order valence-electron chi connectivity index (χ3n) is 3.11. The van der Waals surface area contributed by atoms with Crippen molar-refractivity contribution >= 4 is 21.8 Å². The first-order valence-electron chi connectivity index (χ1n) is 6.29. The van der Waals surface area contributed by atoms with Crippen molar-refractivity contribution in [3.05, 3.63) is 28.2 Å². The van der Waals surface area contributed by atoms with E-state index in [9.17, 15) is 4.79 Å². The molecule has 1 aromatic carbocycles. The van der Waals surface area contributed by atoms with Crippen molar-refractivity contribution in [1.82, 2.24) is 4.90 Å². The largest absolute Gasteiger partial charge is 0.496 e. The molecule has 0 saturated carbocycles. The summed E-state index contributed by atoms with van der Waals surface area (Å²) in [7, 11) is 1.60. The Balaban J connectivity index is 2.17. The Bertz CT molecular complexity index is 468. The van der Waals surface area contributed by atoms with E-state index in [0.717, 1.165) is 10.2 Å². The summed E-state index contributed by atoms with van der Waals surface area (Å²) in [5, 5.41) is 0. The van der Waals surface area contributed by atoms with Crippen molar-refractivity contribution in [1.29, 1.82) is 0 Å². The molecule has 1 heterocycles. The fraction of sp³-hybridized carbons (Fsp3) is 0.500. The lowest BCUT2D eigenvalue weighted by Gasteiger charge is -2.35. The third-order valence-corrected chi connectivity index (χ3v) is 3.73. The maximum absolute atomic E-state index is 12.5. The number of halogens is 1. The summed E-state index contributed by atoms with van der Waals surface area (Å²) in [5.41, 5.74) is 0.661. The molecule has 1 aliphatic rings. The SMILES string of the molecule is COc1ccc(C(=O)N2CC(C)OC(C)C2)cc1Br. The van der Waals surface area contributed by atoms with E-state index in [-0.39, 0.29) is 18.1 Å². The Morgan fingerprint density at radius 3 is 2.53 bits per heavy atom. The standard InChI is InChI=1S/C14H18BrNO3/c1-9-7-16(8-10(2)19-9)14(17)11-4-5-13(18-3)12(15)6-11/h4-6,9-10H,7-8H2,1-3H3. The number of hydrogen-bond donors (Lipinski definition) is 0. The zero-order valence-corrected chi connectivity index (χ0v) is 12.9. The Hall–Kier alpha value is -1.07. The van der Waals surface area contributed by atoms with Crippen LogP contribution in [0, 0.1) is 0 Å². The van der Waals surface area contributed by atoms with E-state index < -0.39 is 0 Å². The molecule has 1 aromatic rings. The number of methoxy groups -OCH3 is 1. The van der Waals surface area contributed by atoms with Gasteiger partial charge in [-0.1, -0.05) is 0 Å². The molecule has 2 unspecified atom stereocenters. The zero-order valence-electron chi connectivity index (χ0n) is 11.4. The van der Waals surface area contributed by atoms with Crippen LogP contribution in [0.3, 0.4) is 0 Å². The molecule has 1 aliphatic heterocycles. The molecule has 1 fully saturated rings. The van der Waals surface area contributed by atoms with Crippen LogP contribution in [0.5, 0.6) is 5.75 Å². The monoisotopic (exact) mass is 327 g/mol. The van der Waals surface area contributed by atoms with Crippen molar-refractivity contribution < 1.29 is 14.3 Å². The van der Waals surface area contributed by atoms with Crippen LogP contribution < -0.4 is 4.74 Å². The Morgan fingerprint density at radius 2 is 2.00 bits per heavy atom. The quantitative estimate of drug-likeness (QED) is 0.838. The third kappa shape index (κ3) is 3.28. The van der Waals surface area contributed by atoms with Crippen LogP contribution in [0.25, 0.3) is 0 Å². The molecule has 0 N–H and O–H groups in total. The highest BCUT2D eigenvalue weighted by atomic mass is 79.9. The van der Waals surface area contributed by atoms with E-state index >= 15 is 0 Å². The summed E-state index contributed by atoms with van der Waals surface area (Å²) in [6.45, 7) is 5.24. The number of carbonyl (C=O) groups excluding carboxylic acids is 1. The van der Waals surface area contributed by atoms with Gasteiger partial charge in [0, 0.05) is 18.7 Å². The minimum Gasteiger partial charge on any atom is -0.496 e. The van der Waals surface area contributed by atoms with Crippen LogP contribution in [-0.2, 0) is 4.74 Å². The number of ether oxygens (including phenoxy) is 2. The minimum absolute atomic E-state index is 0.0327. The normalized spacial score (nSPS) is 23.3. The van der Waals surface area contributed by atoms with Crippen molar-refractivity contribution in [3.8, 4) is 5.75 Å². The lowest BCUT2D eigenvalue weighted by Crippen LogP contribution is -2.48. The summed E-state index contributed by atoms with van der Waals surface area (Å²) in [4.78, 5) is 14.3. The van der Waals surface area contributed by atoms with Crippen LogP contribution >= 0.6 is 15.9 Å². The second-order valence-electron chi connectivity index (χ2n) is 4.82. The topological polar surface area (TPSA) is 38.8 Å². The van der Waals surface area contributed by atoms with Crippen LogP contribution in [0.2, 0.25) is 0 Å². The van der Waals surface area contributed by atoms with Gasteiger partial charge in [-0.3, -0.25) is 4.79 Å². The van der Waals surface area contributed by atoms with Gasteiger partial charge in [-0.15, -0.1) is 0 Å². The Kier molecular flexibility index (Phi) is 4.47. The molecule has 104 valence electrons. The van der Waals surface area contributed by atoms with Gasteiger partial charge in [0.2, 0.25) is 0 Å². The van der Waals surface area contributed by atoms with E-state index in [1.807, 2.05) is 18.7 Å². The second-order valence-corrected chi connectivity index (χ2v) is 5.67. The molecular weight excluding hydrogens is 310 g/mol. The van der Waals surface area contributed by atoms with Gasteiger partial charge >= 0.3 is 0 Å². The van der Waals surface area contributed by atoms with Crippen LogP contribution in [-0.4, -0.2) is 43.2 Å². The van der Waals surface area contributed by atoms with Crippen molar-refractivity contribution in [3.63, 3.8) is 0 Å². The molecule has 4 nitrogen and oxygen atoms in total. The van der Waals surface area contributed by atoms with E-state index in [1.165, 1.54) is 0 Å². The molecule has 19 heavy (non-hydrogen) atoms. The number of morpholine rings is 1. The highest BCUT2D eigenvalue weighted by Gasteiger charge is 2.26. The number of rotatable bonds is 2. The predicted octanol–water partition coefficient (Wildman–Crippen LogP) is 2.71. The van der Waals surface area contributed by atoms with Gasteiger partial charge < -0.3 is 14.4 Å². The number of nitrogens with zero attached hydrogens (tertiary/aromatic N) is 1. The maximum Gasteiger partial charge on any atom is 0.254 e. The first kappa shape index (κ1) is 14.3. The highest BCUT2D eigenvalue weighted by molar-refractivity contribution is 9.10. The van der Waals surface area contributed by atoms with Crippen LogP contribution in [0.4, 0.5) is 0 Å². The van der Waals surface area contributed by atoms with Gasteiger partial charge in [0.05, 0.1) is 23.8 Å². The molecular formula is C14H18BrNO3. The molecule has 2 rings (SSSR count). The molecule has 0 spiro atoms. The predicted molar refractivity (Wildman–Crippen MR) is 76.6 cm³/mol. The number of benzene rings is 1. The summed E-state index contributed by atoms with van der Waals surface area (Å²) >= 11 is 3.40. The highest BCUT2D eigenvalue weighted by Crippen LogP contribution is 2.26. The van der Waals surface area contributed by atoms with Crippen LogP contribution in [0.15, 0.2) is 22.7 Å². The molecule has 0 aliphatic carbocycles. The van der Waals surface area contributed by atoms with E-state index in [0.29, 0.717) is 18.7 Å². The fourth-order valence-corrected chi connectivity index (χ4v) is 2.87. The fourth-order valence-electron chi connectivity index (χ4n) is 2.33. The van der Waals surface area contributed by atoms with E-state index in [4.69, 9.17) is 9.47 Å². The lowest BCUT2D eigenvalue weighted by molar-refractivity contribution is -0.0586. The van der Waals surface area contributed by atoms with Gasteiger partial charge in [-0.2, -0.15) is 0 Å². The molecule has 0 bridgehead atoms. The molecule has 1 saturated heterocycles. The maximum atomic E-state index is 12.5. The first-order chi connectivity index (χ1) is 9.01. The Labute approximate surface area is 121 Å². The number of carbonyl (C=O) groups is 1. The van der Waals surface area contributed by atoms with Crippen LogP contribution in [0.1, 0.15) is 24.2 Å². The zero-order chi connectivity index (χ0) is 14.0. The summed E-state index contributed by atoms with van der Waals surface area (Å²) in [5.74, 6) is 0.755. The van der Waals surface area contributed by atoms with Crippen molar-refractivity contribution in [2.24, 2.45) is 0 Å². The van der Waals surface area contributed by atoms with Gasteiger partial charge in [0.15, 0.2) is 0 Å². The average Bonchev–Trinajstić information content (AvgIpc) is 2.36. The summed E-state index contributed by atoms with van der Waals surface area (Å²) < 4.78 is 11.6. The van der Waals surface area contributed by atoms with Gasteiger partial charge in [-0.25, -0.2) is 0 Å². The lowest BCUT2D eigenvalue weighted by atomic mass is 10.1. The summed E-state index contributed by atoms with van der Waals surface area (Å²) in [6, 6.07) is 5.38. The molecule has 5 heteroatoms. The minimum atomic E-state index is 0.0327. The van der Waals surface area contributed by atoms with Crippen molar-refractivity contribution in [2.45, 2.75) is 26.1 Å². The molecule has 0 aromatic heterocycles. The van der Waals surface area contributed by atoms with Gasteiger partial charge in [0.25, 0.3) is 5.91 Å². The van der Waals surface area contributed by atoms with Gasteiger partial charge in [-0.05, 0) is 48.0 Å². The van der Waals surface area contributed by atoms with E-state index in [2.05, 4.69) is 15.9 Å². The summed E-state index contributed by atoms with van der Waals surface area (Å²) in [6.07, 6.45) is 0.156. The molecule has 0 radical (unpaired) electrons. The average molecular weight is 328 g/mol. The number of hydrogen-bond acceptors (Lipinski definition) is 3. The number of amides is 1. The van der Waals surface area contributed by atoms with Crippen molar-refractivity contribution in [2.75, 3.05) is 20.2 Å². The Morgan fingerprint density at radius 1 is 1.37 bits per heavy atom. The second kappa shape index (κ2) is 5.92. The van der Waals surface area contributed by atoms with E-state index in [1.54, 1.807) is 25.3 Å². The molecule has 2 atom stereocenters.